The number of nitrogens with zero attached hydrogens (tertiary/aromatic N) is 1. The lowest BCUT2D eigenvalue weighted by atomic mass is 10.0. The molecule has 0 radical (unpaired) electrons. The number of amides is 1. The standard InChI is InChI=1S/C19H21NO2/c1-2-22-18-10-8-15(9-11-18)16-6-5-7-17(14-16)19(21)20-12-3-4-13-20/h5-11,14H,2-4,12-13H2,1H3. The summed E-state index contributed by atoms with van der Waals surface area (Å²) < 4.78 is 5.47. The highest BCUT2D eigenvalue weighted by molar-refractivity contribution is 5.95. The van der Waals surface area contributed by atoms with Crippen molar-refractivity contribution in [2.45, 2.75) is 19.8 Å². The molecule has 3 nitrogen and oxygen atoms in total. The van der Waals surface area contributed by atoms with Gasteiger partial charge in [-0.3, -0.25) is 4.79 Å². The maximum Gasteiger partial charge on any atom is 0.253 e. The summed E-state index contributed by atoms with van der Waals surface area (Å²) >= 11 is 0. The third kappa shape index (κ3) is 3.14. The number of carbonyl (C=O) groups is 1. The lowest BCUT2D eigenvalue weighted by Crippen LogP contribution is -2.27. The second-order valence-corrected chi connectivity index (χ2v) is 5.54. The molecule has 22 heavy (non-hydrogen) atoms. The average Bonchev–Trinajstić information content (AvgIpc) is 3.10. The van der Waals surface area contributed by atoms with Gasteiger partial charge in [0.2, 0.25) is 0 Å². The van der Waals surface area contributed by atoms with Crippen molar-refractivity contribution in [3.63, 3.8) is 0 Å². The third-order valence-electron chi connectivity index (χ3n) is 4.00. The van der Waals surface area contributed by atoms with E-state index in [2.05, 4.69) is 0 Å². The van der Waals surface area contributed by atoms with Crippen LogP contribution in [0.15, 0.2) is 48.5 Å². The zero-order valence-electron chi connectivity index (χ0n) is 12.9. The highest BCUT2D eigenvalue weighted by Gasteiger charge is 2.19. The van der Waals surface area contributed by atoms with Crippen LogP contribution in [0.25, 0.3) is 11.1 Å². The molecule has 1 amide bonds. The quantitative estimate of drug-likeness (QED) is 0.853. The Morgan fingerprint density at radius 3 is 2.45 bits per heavy atom. The van der Waals surface area contributed by atoms with E-state index in [0.29, 0.717) is 6.61 Å². The Hall–Kier alpha value is -2.29. The molecule has 0 N–H and O–H groups in total. The van der Waals surface area contributed by atoms with Crippen molar-refractivity contribution < 1.29 is 9.53 Å². The maximum absolute atomic E-state index is 12.5. The van der Waals surface area contributed by atoms with Crippen LogP contribution in [0.1, 0.15) is 30.1 Å². The summed E-state index contributed by atoms with van der Waals surface area (Å²) in [6, 6.07) is 15.9. The highest BCUT2D eigenvalue weighted by atomic mass is 16.5. The van der Waals surface area contributed by atoms with Crippen molar-refractivity contribution in [2.75, 3.05) is 19.7 Å². The van der Waals surface area contributed by atoms with Gasteiger partial charge < -0.3 is 9.64 Å². The van der Waals surface area contributed by atoms with Gasteiger partial charge in [-0.1, -0.05) is 24.3 Å². The number of ether oxygens (including phenoxy) is 1. The van der Waals surface area contributed by atoms with Gasteiger partial charge in [-0.05, 0) is 55.2 Å². The number of benzene rings is 2. The number of carbonyl (C=O) groups excluding carboxylic acids is 1. The fourth-order valence-corrected chi connectivity index (χ4v) is 2.84. The van der Waals surface area contributed by atoms with E-state index in [9.17, 15) is 4.79 Å². The first-order valence-corrected chi connectivity index (χ1v) is 7.90. The summed E-state index contributed by atoms with van der Waals surface area (Å²) in [6.45, 7) is 4.40. The summed E-state index contributed by atoms with van der Waals surface area (Å²) in [7, 11) is 0. The molecule has 2 aromatic rings. The Morgan fingerprint density at radius 1 is 1.05 bits per heavy atom. The van der Waals surface area contributed by atoms with E-state index in [-0.39, 0.29) is 5.91 Å². The molecule has 1 heterocycles. The molecule has 0 unspecified atom stereocenters. The molecular weight excluding hydrogens is 274 g/mol. The van der Waals surface area contributed by atoms with E-state index in [1.165, 1.54) is 0 Å². The Labute approximate surface area is 131 Å². The molecule has 1 aliphatic rings. The molecule has 1 aliphatic heterocycles. The Balaban J connectivity index is 1.82. The molecule has 3 rings (SSSR count). The van der Waals surface area contributed by atoms with E-state index < -0.39 is 0 Å². The third-order valence-corrected chi connectivity index (χ3v) is 4.00. The fourth-order valence-electron chi connectivity index (χ4n) is 2.84. The van der Waals surface area contributed by atoms with E-state index in [1.54, 1.807) is 0 Å². The van der Waals surface area contributed by atoms with Crippen molar-refractivity contribution in [3.8, 4) is 16.9 Å². The van der Waals surface area contributed by atoms with Crippen LogP contribution >= 0.6 is 0 Å². The molecule has 2 aromatic carbocycles. The first-order chi connectivity index (χ1) is 10.8. The van der Waals surface area contributed by atoms with Crippen molar-refractivity contribution in [1.29, 1.82) is 0 Å². The first kappa shape index (κ1) is 14.6. The van der Waals surface area contributed by atoms with Crippen LogP contribution < -0.4 is 4.74 Å². The summed E-state index contributed by atoms with van der Waals surface area (Å²) in [5.74, 6) is 1.01. The van der Waals surface area contributed by atoms with Gasteiger partial charge in [0.25, 0.3) is 5.91 Å². The predicted molar refractivity (Wildman–Crippen MR) is 88.2 cm³/mol. The lowest BCUT2D eigenvalue weighted by molar-refractivity contribution is 0.0793. The van der Waals surface area contributed by atoms with Crippen LogP contribution in [0.2, 0.25) is 0 Å². The summed E-state index contributed by atoms with van der Waals surface area (Å²) in [5, 5.41) is 0. The molecule has 3 heteroatoms. The molecule has 1 fully saturated rings. The van der Waals surface area contributed by atoms with E-state index in [1.807, 2.05) is 60.4 Å². The Bertz CT molecular complexity index is 643. The van der Waals surface area contributed by atoms with Crippen molar-refractivity contribution in [1.82, 2.24) is 4.90 Å². The Morgan fingerprint density at radius 2 is 1.77 bits per heavy atom. The minimum atomic E-state index is 0.144. The van der Waals surface area contributed by atoms with Gasteiger partial charge in [-0.25, -0.2) is 0 Å². The molecular formula is C19H21NO2. The van der Waals surface area contributed by atoms with Crippen LogP contribution in [0.4, 0.5) is 0 Å². The molecule has 0 atom stereocenters. The maximum atomic E-state index is 12.5. The monoisotopic (exact) mass is 295 g/mol. The number of likely N-dealkylation sites (tertiary alicyclic amines) is 1. The van der Waals surface area contributed by atoms with Crippen LogP contribution in [-0.4, -0.2) is 30.5 Å². The van der Waals surface area contributed by atoms with Crippen LogP contribution in [0.5, 0.6) is 5.75 Å². The van der Waals surface area contributed by atoms with Gasteiger partial charge >= 0.3 is 0 Å². The number of hydrogen-bond donors (Lipinski definition) is 0. The smallest absolute Gasteiger partial charge is 0.253 e. The fraction of sp³-hybridized carbons (Fsp3) is 0.316. The minimum Gasteiger partial charge on any atom is -0.494 e. The number of rotatable bonds is 4. The van der Waals surface area contributed by atoms with E-state index >= 15 is 0 Å². The van der Waals surface area contributed by atoms with Crippen LogP contribution in [-0.2, 0) is 0 Å². The molecule has 0 bridgehead atoms. The second-order valence-electron chi connectivity index (χ2n) is 5.54. The predicted octanol–water partition coefficient (Wildman–Crippen LogP) is 3.99. The molecule has 0 spiro atoms. The SMILES string of the molecule is CCOc1ccc(-c2cccc(C(=O)N3CCCC3)c2)cc1. The molecule has 1 saturated heterocycles. The number of hydrogen-bond acceptors (Lipinski definition) is 2. The van der Waals surface area contributed by atoms with Gasteiger partial charge in [0.1, 0.15) is 5.75 Å². The van der Waals surface area contributed by atoms with Crippen molar-refractivity contribution >= 4 is 5.91 Å². The van der Waals surface area contributed by atoms with Crippen LogP contribution in [0, 0.1) is 0 Å². The average molecular weight is 295 g/mol. The van der Waals surface area contributed by atoms with E-state index in [4.69, 9.17) is 4.74 Å². The summed E-state index contributed by atoms with van der Waals surface area (Å²) in [6.07, 6.45) is 2.23. The van der Waals surface area contributed by atoms with Crippen LogP contribution in [0.3, 0.4) is 0 Å². The zero-order valence-corrected chi connectivity index (χ0v) is 12.9. The van der Waals surface area contributed by atoms with Gasteiger partial charge in [0, 0.05) is 18.7 Å². The zero-order chi connectivity index (χ0) is 15.4. The highest BCUT2D eigenvalue weighted by Crippen LogP contribution is 2.24. The van der Waals surface area contributed by atoms with Gasteiger partial charge in [-0.2, -0.15) is 0 Å². The van der Waals surface area contributed by atoms with E-state index in [0.717, 1.165) is 48.4 Å². The molecule has 0 aliphatic carbocycles. The molecule has 0 saturated carbocycles. The summed E-state index contributed by atoms with van der Waals surface area (Å²) in [5.41, 5.74) is 2.93. The lowest BCUT2D eigenvalue weighted by Gasteiger charge is -2.15. The first-order valence-electron chi connectivity index (χ1n) is 7.90. The molecule has 0 aromatic heterocycles. The Kier molecular flexibility index (Phi) is 4.42. The normalized spacial score (nSPS) is 14.1. The van der Waals surface area contributed by atoms with Gasteiger partial charge in [0.15, 0.2) is 0 Å². The van der Waals surface area contributed by atoms with Gasteiger partial charge in [-0.15, -0.1) is 0 Å². The van der Waals surface area contributed by atoms with Crippen molar-refractivity contribution in [2.24, 2.45) is 0 Å². The minimum absolute atomic E-state index is 0.144. The largest absolute Gasteiger partial charge is 0.494 e. The van der Waals surface area contributed by atoms with Crippen molar-refractivity contribution in [3.05, 3.63) is 54.1 Å². The summed E-state index contributed by atoms with van der Waals surface area (Å²) in [4.78, 5) is 14.4. The van der Waals surface area contributed by atoms with Gasteiger partial charge in [0.05, 0.1) is 6.61 Å². The molecule has 114 valence electrons. The topological polar surface area (TPSA) is 29.5 Å². The second kappa shape index (κ2) is 6.65.